The molecule has 3 atom stereocenters. The molecule has 1 saturated heterocycles. The summed E-state index contributed by atoms with van der Waals surface area (Å²) in [6.07, 6.45) is 4.68. The number of likely N-dealkylation sites (tertiary alicyclic amines) is 1. The summed E-state index contributed by atoms with van der Waals surface area (Å²) in [6, 6.07) is 0. The molecule has 3 heteroatoms. The lowest BCUT2D eigenvalue weighted by Gasteiger charge is -2.33. The van der Waals surface area contributed by atoms with Gasteiger partial charge in [-0.3, -0.25) is 4.79 Å². The monoisotopic (exact) mass is 238 g/mol. The molecule has 1 amide bonds. The van der Waals surface area contributed by atoms with Crippen LogP contribution in [0.1, 0.15) is 39.5 Å². The van der Waals surface area contributed by atoms with Crippen LogP contribution in [0, 0.1) is 17.3 Å². The average molecular weight is 238 g/mol. The van der Waals surface area contributed by atoms with Crippen LogP contribution in [-0.2, 0) is 4.79 Å². The summed E-state index contributed by atoms with van der Waals surface area (Å²) >= 11 is 0. The van der Waals surface area contributed by atoms with Crippen LogP contribution in [0.4, 0.5) is 0 Å². The number of hydrogen-bond acceptors (Lipinski definition) is 2. The zero-order chi connectivity index (χ0) is 12.5. The van der Waals surface area contributed by atoms with Crippen LogP contribution in [0.3, 0.4) is 0 Å². The van der Waals surface area contributed by atoms with Gasteiger partial charge in [-0.15, -0.1) is 0 Å². The molecular formula is C14H26N2O. The van der Waals surface area contributed by atoms with Crippen LogP contribution in [0.2, 0.25) is 0 Å². The summed E-state index contributed by atoms with van der Waals surface area (Å²) in [5.41, 5.74) is 0.313. The molecule has 3 nitrogen and oxygen atoms in total. The molecule has 1 aliphatic heterocycles. The summed E-state index contributed by atoms with van der Waals surface area (Å²) in [4.78, 5) is 14.5. The van der Waals surface area contributed by atoms with E-state index in [1.165, 1.54) is 12.8 Å². The van der Waals surface area contributed by atoms with Crippen molar-refractivity contribution in [3.63, 3.8) is 0 Å². The van der Waals surface area contributed by atoms with Gasteiger partial charge in [0.25, 0.3) is 0 Å². The molecule has 2 fully saturated rings. The zero-order valence-corrected chi connectivity index (χ0v) is 11.5. The normalized spacial score (nSPS) is 37.0. The van der Waals surface area contributed by atoms with Gasteiger partial charge in [0, 0.05) is 19.0 Å². The fourth-order valence-corrected chi connectivity index (χ4v) is 3.12. The molecule has 1 N–H and O–H groups in total. The molecule has 0 radical (unpaired) electrons. The van der Waals surface area contributed by atoms with Gasteiger partial charge < -0.3 is 10.2 Å². The maximum Gasteiger partial charge on any atom is 0.226 e. The molecule has 0 spiro atoms. The van der Waals surface area contributed by atoms with Gasteiger partial charge in [-0.2, -0.15) is 0 Å². The molecule has 1 saturated carbocycles. The van der Waals surface area contributed by atoms with Crippen molar-refractivity contribution >= 4 is 5.91 Å². The molecule has 0 aromatic carbocycles. The molecule has 98 valence electrons. The lowest BCUT2D eigenvalue weighted by Crippen LogP contribution is -2.43. The smallest absolute Gasteiger partial charge is 0.226 e. The van der Waals surface area contributed by atoms with Crippen molar-refractivity contribution in [3.8, 4) is 0 Å². The Balaban J connectivity index is 1.88. The van der Waals surface area contributed by atoms with E-state index in [0.717, 1.165) is 32.5 Å². The molecule has 3 unspecified atom stereocenters. The van der Waals surface area contributed by atoms with Gasteiger partial charge in [0.2, 0.25) is 5.91 Å². The minimum absolute atomic E-state index is 0.313. The Kier molecular flexibility index (Phi) is 3.76. The highest BCUT2D eigenvalue weighted by atomic mass is 16.2. The van der Waals surface area contributed by atoms with Gasteiger partial charge in [0.15, 0.2) is 0 Å². The Morgan fingerprint density at radius 1 is 1.53 bits per heavy atom. The van der Waals surface area contributed by atoms with Gasteiger partial charge in [-0.05, 0) is 50.6 Å². The van der Waals surface area contributed by atoms with Gasteiger partial charge in [-0.1, -0.05) is 13.8 Å². The first-order chi connectivity index (χ1) is 8.10. The van der Waals surface area contributed by atoms with Gasteiger partial charge in [0.05, 0.1) is 0 Å². The first-order valence-electron chi connectivity index (χ1n) is 7.04. The molecular weight excluding hydrogens is 212 g/mol. The van der Waals surface area contributed by atoms with E-state index in [-0.39, 0.29) is 0 Å². The first-order valence-corrected chi connectivity index (χ1v) is 7.04. The van der Waals surface area contributed by atoms with E-state index in [4.69, 9.17) is 0 Å². The fraction of sp³-hybridized carbons (Fsp3) is 0.929. The second kappa shape index (κ2) is 4.97. The second-order valence-electron chi connectivity index (χ2n) is 6.11. The third-order valence-corrected chi connectivity index (χ3v) is 4.78. The van der Waals surface area contributed by atoms with Crippen molar-refractivity contribution in [1.82, 2.24) is 10.2 Å². The molecule has 2 aliphatic rings. The van der Waals surface area contributed by atoms with Crippen LogP contribution in [0.15, 0.2) is 0 Å². The highest BCUT2D eigenvalue weighted by molar-refractivity contribution is 5.82. The Bertz CT molecular complexity index is 290. The van der Waals surface area contributed by atoms with E-state index in [2.05, 4.69) is 24.1 Å². The Morgan fingerprint density at radius 2 is 2.29 bits per heavy atom. The molecule has 1 heterocycles. The van der Waals surface area contributed by atoms with Gasteiger partial charge in [0.1, 0.15) is 0 Å². The zero-order valence-electron chi connectivity index (χ0n) is 11.5. The van der Waals surface area contributed by atoms with E-state index in [1.807, 2.05) is 7.05 Å². The average Bonchev–Trinajstić information content (AvgIpc) is 3.02. The van der Waals surface area contributed by atoms with Crippen LogP contribution >= 0.6 is 0 Å². The molecule has 0 aromatic rings. The van der Waals surface area contributed by atoms with Crippen molar-refractivity contribution in [1.29, 1.82) is 0 Å². The molecule has 0 bridgehead atoms. The number of carbonyl (C=O) groups excluding carboxylic acids is 1. The van der Waals surface area contributed by atoms with Gasteiger partial charge >= 0.3 is 0 Å². The maximum atomic E-state index is 12.4. The predicted octanol–water partition coefficient (Wildman–Crippen LogP) is 1.88. The lowest BCUT2D eigenvalue weighted by atomic mass is 9.96. The number of nitrogens with zero attached hydrogens (tertiary/aromatic N) is 1. The number of carbonyl (C=O) groups is 1. The number of hydrogen-bond donors (Lipinski definition) is 1. The summed E-state index contributed by atoms with van der Waals surface area (Å²) < 4.78 is 0. The highest BCUT2D eigenvalue weighted by Crippen LogP contribution is 2.55. The van der Waals surface area contributed by atoms with Crippen LogP contribution < -0.4 is 5.32 Å². The quantitative estimate of drug-likeness (QED) is 0.811. The maximum absolute atomic E-state index is 12.4. The number of rotatable bonds is 4. The molecule has 1 aliphatic carbocycles. The van der Waals surface area contributed by atoms with E-state index < -0.39 is 0 Å². The van der Waals surface area contributed by atoms with Crippen LogP contribution in [-0.4, -0.2) is 37.5 Å². The predicted molar refractivity (Wildman–Crippen MR) is 69.7 cm³/mol. The number of nitrogens with one attached hydrogen (secondary N) is 1. The van der Waals surface area contributed by atoms with E-state index in [9.17, 15) is 4.79 Å². The summed E-state index contributed by atoms with van der Waals surface area (Å²) in [7, 11) is 2.00. The van der Waals surface area contributed by atoms with Crippen LogP contribution in [0.25, 0.3) is 0 Å². The SMILES string of the molecule is CCC1(C)CC1C(=O)N1CCCC(CNC)C1. The molecule has 0 aromatic heterocycles. The number of piperidine rings is 1. The summed E-state index contributed by atoms with van der Waals surface area (Å²) in [5.74, 6) is 1.40. The van der Waals surface area contributed by atoms with E-state index in [1.54, 1.807) is 0 Å². The molecule has 2 rings (SSSR count). The highest BCUT2D eigenvalue weighted by Gasteiger charge is 2.54. The van der Waals surface area contributed by atoms with Crippen molar-refractivity contribution in [2.45, 2.75) is 39.5 Å². The minimum atomic E-state index is 0.313. The second-order valence-corrected chi connectivity index (χ2v) is 6.11. The van der Waals surface area contributed by atoms with Crippen molar-refractivity contribution in [2.75, 3.05) is 26.7 Å². The fourth-order valence-electron chi connectivity index (χ4n) is 3.12. The van der Waals surface area contributed by atoms with Crippen molar-refractivity contribution in [3.05, 3.63) is 0 Å². The van der Waals surface area contributed by atoms with Crippen molar-refractivity contribution < 1.29 is 4.79 Å². The topological polar surface area (TPSA) is 32.3 Å². The largest absolute Gasteiger partial charge is 0.342 e. The molecule has 17 heavy (non-hydrogen) atoms. The Morgan fingerprint density at radius 3 is 2.88 bits per heavy atom. The first kappa shape index (κ1) is 12.9. The van der Waals surface area contributed by atoms with E-state index in [0.29, 0.717) is 23.2 Å². The van der Waals surface area contributed by atoms with Crippen LogP contribution in [0.5, 0.6) is 0 Å². The minimum Gasteiger partial charge on any atom is -0.342 e. The summed E-state index contributed by atoms with van der Waals surface area (Å²) in [5, 5.41) is 3.23. The summed E-state index contributed by atoms with van der Waals surface area (Å²) in [6.45, 7) is 7.45. The number of amides is 1. The third kappa shape index (κ3) is 2.65. The van der Waals surface area contributed by atoms with Gasteiger partial charge in [-0.25, -0.2) is 0 Å². The van der Waals surface area contributed by atoms with E-state index >= 15 is 0 Å². The standard InChI is InChI=1S/C14H26N2O/c1-4-14(2)8-12(14)13(17)16-7-5-6-11(10-16)9-15-3/h11-12,15H,4-10H2,1-3H3. The lowest BCUT2D eigenvalue weighted by molar-refractivity contribution is -0.135. The Labute approximate surface area is 105 Å². The third-order valence-electron chi connectivity index (χ3n) is 4.78. The Hall–Kier alpha value is -0.570. The van der Waals surface area contributed by atoms with Crippen molar-refractivity contribution in [2.24, 2.45) is 17.3 Å².